The monoisotopic (exact) mass is 184 g/mol. The summed E-state index contributed by atoms with van der Waals surface area (Å²) in [6, 6.07) is 0. The van der Waals surface area contributed by atoms with Crippen LogP contribution in [0.25, 0.3) is 0 Å². The number of carbonyl (C=O) groups is 1. The second-order valence-corrected chi connectivity index (χ2v) is 4.60. The van der Waals surface area contributed by atoms with Crippen molar-refractivity contribution in [3.8, 4) is 0 Å². The zero-order valence-electron chi connectivity index (χ0n) is 8.84. The van der Waals surface area contributed by atoms with Crippen molar-refractivity contribution < 1.29 is 4.79 Å². The molecule has 0 atom stereocenters. The van der Waals surface area contributed by atoms with Crippen LogP contribution in [-0.4, -0.2) is 29.4 Å². The van der Waals surface area contributed by atoms with Gasteiger partial charge in [0.25, 0.3) is 0 Å². The SMILES string of the molecule is CC(=O)N1CCC(C(C)(C)N)CC1. The number of rotatable bonds is 1. The third-order valence-electron chi connectivity index (χ3n) is 2.99. The largest absolute Gasteiger partial charge is 0.343 e. The Morgan fingerprint density at radius 1 is 1.38 bits per heavy atom. The fourth-order valence-electron chi connectivity index (χ4n) is 1.94. The Morgan fingerprint density at radius 3 is 2.15 bits per heavy atom. The van der Waals surface area contributed by atoms with Crippen molar-refractivity contribution in [1.82, 2.24) is 4.90 Å². The molecule has 3 nitrogen and oxygen atoms in total. The van der Waals surface area contributed by atoms with E-state index in [1.807, 2.05) is 4.90 Å². The van der Waals surface area contributed by atoms with Crippen molar-refractivity contribution in [2.24, 2.45) is 11.7 Å². The summed E-state index contributed by atoms with van der Waals surface area (Å²) in [5.41, 5.74) is 5.93. The fourth-order valence-corrected chi connectivity index (χ4v) is 1.94. The van der Waals surface area contributed by atoms with Gasteiger partial charge in [0, 0.05) is 25.6 Å². The van der Waals surface area contributed by atoms with Gasteiger partial charge >= 0.3 is 0 Å². The van der Waals surface area contributed by atoms with E-state index in [2.05, 4.69) is 13.8 Å². The molecule has 0 aromatic rings. The summed E-state index contributed by atoms with van der Waals surface area (Å²) in [5.74, 6) is 0.747. The molecule has 1 heterocycles. The van der Waals surface area contributed by atoms with Gasteiger partial charge in [-0.3, -0.25) is 4.79 Å². The first-order chi connectivity index (χ1) is 5.91. The van der Waals surface area contributed by atoms with Crippen LogP contribution in [0, 0.1) is 5.92 Å². The molecule has 1 fully saturated rings. The van der Waals surface area contributed by atoms with E-state index < -0.39 is 0 Å². The summed E-state index contributed by atoms with van der Waals surface area (Å²) >= 11 is 0. The second kappa shape index (κ2) is 3.66. The highest BCUT2D eigenvalue weighted by molar-refractivity contribution is 5.73. The molecular formula is C10H20N2O. The summed E-state index contributed by atoms with van der Waals surface area (Å²) in [5, 5.41) is 0. The van der Waals surface area contributed by atoms with Gasteiger partial charge in [-0.15, -0.1) is 0 Å². The van der Waals surface area contributed by atoms with Gasteiger partial charge < -0.3 is 10.6 Å². The van der Waals surface area contributed by atoms with Gasteiger partial charge in [0.15, 0.2) is 0 Å². The predicted molar refractivity (Wildman–Crippen MR) is 53.2 cm³/mol. The Labute approximate surface area is 80.3 Å². The molecule has 2 N–H and O–H groups in total. The number of carbonyl (C=O) groups excluding carboxylic acids is 1. The average molecular weight is 184 g/mol. The van der Waals surface area contributed by atoms with Crippen LogP contribution in [0.15, 0.2) is 0 Å². The lowest BCUT2D eigenvalue weighted by atomic mass is 9.81. The number of nitrogens with two attached hydrogens (primary N) is 1. The lowest BCUT2D eigenvalue weighted by Gasteiger charge is -2.38. The zero-order chi connectivity index (χ0) is 10.1. The molecule has 0 bridgehead atoms. The summed E-state index contributed by atoms with van der Waals surface area (Å²) in [6.07, 6.45) is 2.09. The Morgan fingerprint density at radius 2 is 1.85 bits per heavy atom. The third-order valence-corrected chi connectivity index (χ3v) is 2.99. The molecule has 76 valence electrons. The van der Waals surface area contributed by atoms with Gasteiger partial charge in [-0.1, -0.05) is 0 Å². The molecular weight excluding hydrogens is 164 g/mol. The Bertz CT molecular complexity index is 188. The van der Waals surface area contributed by atoms with E-state index in [9.17, 15) is 4.79 Å². The van der Waals surface area contributed by atoms with Gasteiger partial charge in [-0.25, -0.2) is 0 Å². The van der Waals surface area contributed by atoms with Crippen molar-refractivity contribution in [2.45, 2.75) is 39.2 Å². The van der Waals surface area contributed by atoms with Gasteiger partial charge in [0.2, 0.25) is 5.91 Å². The number of likely N-dealkylation sites (tertiary alicyclic amines) is 1. The van der Waals surface area contributed by atoms with E-state index >= 15 is 0 Å². The number of nitrogens with zero attached hydrogens (tertiary/aromatic N) is 1. The number of piperidine rings is 1. The lowest BCUT2D eigenvalue weighted by Crippen LogP contribution is -2.47. The summed E-state index contributed by atoms with van der Waals surface area (Å²) in [4.78, 5) is 13.0. The summed E-state index contributed by atoms with van der Waals surface area (Å²) in [6.45, 7) is 7.53. The summed E-state index contributed by atoms with van der Waals surface area (Å²) < 4.78 is 0. The Kier molecular flexibility index (Phi) is 2.96. The van der Waals surface area contributed by atoms with Crippen LogP contribution in [0.5, 0.6) is 0 Å². The number of hydrogen-bond acceptors (Lipinski definition) is 2. The van der Waals surface area contributed by atoms with Gasteiger partial charge in [0.1, 0.15) is 0 Å². The minimum absolute atomic E-state index is 0.0944. The van der Waals surface area contributed by atoms with Gasteiger partial charge in [-0.05, 0) is 32.6 Å². The lowest BCUT2D eigenvalue weighted by molar-refractivity contribution is -0.130. The maximum absolute atomic E-state index is 11.0. The molecule has 1 amide bonds. The first-order valence-corrected chi connectivity index (χ1v) is 4.95. The first-order valence-electron chi connectivity index (χ1n) is 4.95. The number of hydrogen-bond donors (Lipinski definition) is 1. The van der Waals surface area contributed by atoms with E-state index in [0.717, 1.165) is 25.9 Å². The van der Waals surface area contributed by atoms with E-state index in [4.69, 9.17) is 5.73 Å². The maximum Gasteiger partial charge on any atom is 0.219 e. The average Bonchev–Trinajstić information content (AvgIpc) is 2.03. The van der Waals surface area contributed by atoms with Crippen molar-refractivity contribution in [3.63, 3.8) is 0 Å². The first kappa shape index (κ1) is 10.5. The second-order valence-electron chi connectivity index (χ2n) is 4.60. The normalized spacial score (nSPS) is 20.5. The van der Waals surface area contributed by atoms with Crippen LogP contribution in [-0.2, 0) is 4.79 Å². The van der Waals surface area contributed by atoms with Crippen molar-refractivity contribution in [2.75, 3.05) is 13.1 Å². The Hall–Kier alpha value is -0.570. The molecule has 0 aliphatic carbocycles. The third kappa shape index (κ3) is 2.69. The maximum atomic E-state index is 11.0. The van der Waals surface area contributed by atoms with Crippen LogP contribution in [0.4, 0.5) is 0 Å². The molecule has 1 aliphatic heterocycles. The highest BCUT2D eigenvalue weighted by Gasteiger charge is 2.29. The highest BCUT2D eigenvalue weighted by atomic mass is 16.2. The standard InChI is InChI=1S/C10H20N2O/c1-8(13)12-6-4-9(5-7-12)10(2,3)11/h9H,4-7,11H2,1-3H3. The number of amides is 1. The minimum Gasteiger partial charge on any atom is -0.343 e. The van der Waals surface area contributed by atoms with E-state index in [0.29, 0.717) is 5.92 Å². The zero-order valence-corrected chi connectivity index (χ0v) is 8.84. The summed E-state index contributed by atoms with van der Waals surface area (Å²) in [7, 11) is 0. The molecule has 3 heteroatoms. The van der Waals surface area contributed by atoms with Crippen LogP contribution < -0.4 is 5.73 Å². The van der Waals surface area contributed by atoms with E-state index in [1.165, 1.54) is 0 Å². The molecule has 0 saturated carbocycles. The van der Waals surface area contributed by atoms with Crippen LogP contribution in [0.1, 0.15) is 33.6 Å². The van der Waals surface area contributed by atoms with Crippen LogP contribution in [0.2, 0.25) is 0 Å². The smallest absolute Gasteiger partial charge is 0.219 e. The molecule has 0 unspecified atom stereocenters. The Balaban J connectivity index is 2.44. The van der Waals surface area contributed by atoms with Crippen molar-refractivity contribution in [1.29, 1.82) is 0 Å². The minimum atomic E-state index is -0.0944. The molecule has 1 saturated heterocycles. The molecule has 0 aromatic carbocycles. The predicted octanol–water partition coefficient (Wildman–Crippen LogP) is 0.982. The quantitative estimate of drug-likeness (QED) is 0.660. The van der Waals surface area contributed by atoms with Gasteiger partial charge in [-0.2, -0.15) is 0 Å². The topological polar surface area (TPSA) is 46.3 Å². The van der Waals surface area contributed by atoms with Crippen LogP contribution in [0.3, 0.4) is 0 Å². The molecule has 1 rings (SSSR count). The van der Waals surface area contributed by atoms with Gasteiger partial charge in [0.05, 0.1) is 0 Å². The molecule has 0 spiro atoms. The molecule has 0 radical (unpaired) electrons. The highest BCUT2D eigenvalue weighted by Crippen LogP contribution is 2.25. The molecule has 1 aliphatic rings. The molecule has 13 heavy (non-hydrogen) atoms. The van der Waals surface area contributed by atoms with Crippen LogP contribution >= 0.6 is 0 Å². The van der Waals surface area contributed by atoms with Crippen molar-refractivity contribution >= 4 is 5.91 Å². The van der Waals surface area contributed by atoms with E-state index in [-0.39, 0.29) is 11.4 Å². The van der Waals surface area contributed by atoms with Crippen molar-refractivity contribution in [3.05, 3.63) is 0 Å². The molecule has 0 aromatic heterocycles. The fraction of sp³-hybridized carbons (Fsp3) is 0.900. The van der Waals surface area contributed by atoms with E-state index in [1.54, 1.807) is 6.92 Å².